The summed E-state index contributed by atoms with van der Waals surface area (Å²) in [4.78, 5) is 30.7. The number of phenols is 1. The Bertz CT molecular complexity index is 865. The fraction of sp³-hybridized carbons (Fsp3) is 0.429. The van der Waals surface area contributed by atoms with Gasteiger partial charge in [0, 0.05) is 31.1 Å². The van der Waals surface area contributed by atoms with Gasteiger partial charge in [-0.1, -0.05) is 12.1 Å². The summed E-state index contributed by atoms with van der Waals surface area (Å²) in [5, 5.41) is 10.00. The van der Waals surface area contributed by atoms with Gasteiger partial charge in [0.2, 0.25) is 0 Å². The van der Waals surface area contributed by atoms with Crippen LogP contribution in [0.25, 0.3) is 0 Å². The normalized spacial score (nSPS) is 17.3. The second-order valence-electron chi connectivity index (χ2n) is 7.26. The van der Waals surface area contributed by atoms with Gasteiger partial charge in [0.1, 0.15) is 10.6 Å². The molecule has 1 aromatic carbocycles. The molecule has 148 valence electrons. The fourth-order valence-corrected chi connectivity index (χ4v) is 4.99. The number of fused-ring (bicyclic) bond motifs is 1. The lowest BCUT2D eigenvalue weighted by Gasteiger charge is -2.37. The molecule has 0 spiro atoms. The Hall–Kier alpha value is -2.54. The van der Waals surface area contributed by atoms with Crippen LogP contribution in [0.15, 0.2) is 30.3 Å². The first-order valence-corrected chi connectivity index (χ1v) is 10.5. The quantitative estimate of drug-likeness (QED) is 0.800. The number of carbonyl (C=O) groups excluding carboxylic acids is 2. The summed E-state index contributed by atoms with van der Waals surface area (Å²) in [5.41, 5.74) is 2.02. The molecule has 2 heterocycles. The van der Waals surface area contributed by atoms with Gasteiger partial charge in [0.05, 0.1) is 5.69 Å². The van der Waals surface area contributed by atoms with Crippen molar-refractivity contribution in [3.63, 3.8) is 0 Å². The van der Waals surface area contributed by atoms with Crippen LogP contribution in [-0.2, 0) is 22.4 Å². The number of hydrogen-bond donors (Lipinski definition) is 1. The predicted molar refractivity (Wildman–Crippen MR) is 108 cm³/mol. The maximum Gasteiger partial charge on any atom is 0.349 e. The molecule has 1 amide bonds. The molecule has 1 N–H and O–H groups in total. The van der Waals surface area contributed by atoms with Crippen LogP contribution in [0.3, 0.4) is 0 Å². The van der Waals surface area contributed by atoms with Gasteiger partial charge in [-0.25, -0.2) is 4.79 Å². The predicted octanol–water partition coefficient (Wildman–Crippen LogP) is 2.84. The van der Waals surface area contributed by atoms with Gasteiger partial charge in [0.25, 0.3) is 5.91 Å². The summed E-state index contributed by atoms with van der Waals surface area (Å²) in [6.07, 6.45) is 2.40. The van der Waals surface area contributed by atoms with Crippen molar-refractivity contribution in [2.75, 3.05) is 31.1 Å². The van der Waals surface area contributed by atoms with Crippen LogP contribution < -0.4 is 4.90 Å². The summed E-state index contributed by atoms with van der Waals surface area (Å²) in [6.45, 7) is 3.95. The van der Waals surface area contributed by atoms with E-state index in [0.717, 1.165) is 24.9 Å². The molecule has 2 aromatic rings. The van der Waals surface area contributed by atoms with E-state index >= 15 is 0 Å². The number of phenolic OH excluding ortho intramolecular Hbond substituents is 1. The van der Waals surface area contributed by atoms with Crippen molar-refractivity contribution >= 4 is 28.9 Å². The molecule has 0 unspecified atom stereocenters. The molecule has 0 radical (unpaired) electrons. The molecule has 1 fully saturated rings. The smallest absolute Gasteiger partial charge is 0.349 e. The molecule has 1 aliphatic heterocycles. The number of carbonyl (C=O) groups is 2. The number of esters is 1. The van der Waals surface area contributed by atoms with Gasteiger partial charge in [0.15, 0.2) is 6.10 Å². The highest BCUT2D eigenvalue weighted by molar-refractivity contribution is 7.14. The highest BCUT2D eigenvalue weighted by Crippen LogP contribution is 2.31. The molecule has 28 heavy (non-hydrogen) atoms. The summed E-state index contributed by atoms with van der Waals surface area (Å²) >= 11 is 1.49. The third-order valence-electron chi connectivity index (χ3n) is 5.39. The largest absolute Gasteiger partial charge is 0.506 e. The first-order valence-electron chi connectivity index (χ1n) is 9.67. The molecule has 1 atom stereocenters. The lowest BCUT2D eigenvalue weighted by Crippen LogP contribution is -2.51. The van der Waals surface area contributed by atoms with E-state index in [0.29, 0.717) is 31.1 Å². The Kier molecular flexibility index (Phi) is 5.26. The number of anilines is 1. The minimum atomic E-state index is -0.805. The zero-order valence-corrected chi connectivity index (χ0v) is 16.7. The van der Waals surface area contributed by atoms with Crippen LogP contribution in [0.5, 0.6) is 5.75 Å². The van der Waals surface area contributed by atoms with Crippen molar-refractivity contribution < 1.29 is 19.4 Å². The zero-order chi connectivity index (χ0) is 19.7. The Morgan fingerprint density at radius 2 is 1.89 bits per heavy atom. The minimum Gasteiger partial charge on any atom is -0.506 e. The van der Waals surface area contributed by atoms with E-state index in [4.69, 9.17) is 4.74 Å². The van der Waals surface area contributed by atoms with Crippen molar-refractivity contribution in [1.82, 2.24) is 4.90 Å². The van der Waals surface area contributed by atoms with Gasteiger partial charge < -0.3 is 19.6 Å². The highest BCUT2D eigenvalue weighted by Gasteiger charge is 2.29. The third kappa shape index (κ3) is 3.71. The number of hydrogen-bond acceptors (Lipinski definition) is 6. The molecule has 1 aliphatic carbocycles. The number of piperazine rings is 1. The fourth-order valence-electron chi connectivity index (χ4n) is 3.86. The van der Waals surface area contributed by atoms with Gasteiger partial charge in [-0.05, 0) is 49.9 Å². The minimum absolute atomic E-state index is 0.172. The summed E-state index contributed by atoms with van der Waals surface area (Å²) < 4.78 is 5.45. The summed E-state index contributed by atoms with van der Waals surface area (Å²) in [5.74, 6) is -0.338. The average molecular weight is 401 g/mol. The molecule has 2 aliphatic rings. The first kappa shape index (κ1) is 18.8. The SMILES string of the molecule is C[C@H](OC(=O)c1cc2c(s1)CCC2)C(=O)N1CCN(c2ccccc2O)CC1. The number of aromatic hydroxyl groups is 1. The van der Waals surface area contributed by atoms with E-state index in [1.165, 1.54) is 21.8 Å². The van der Waals surface area contributed by atoms with E-state index in [1.807, 2.05) is 18.2 Å². The molecule has 1 saturated heterocycles. The van der Waals surface area contributed by atoms with Crippen LogP contribution in [0, 0.1) is 0 Å². The molecular formula is C21H24N2O4S. The number of rotatable bonds is 4. The van der Waals surface area contributed by atoms with Crippen molar-refractivity contribution in [3.05, 3.63) is 45.6 Å². The Labute approximate surface area is 168 Å². The monoisotopic (exact) mass is 400 g/mol. The summed E-state index contributed by atoms with van der Waals surface area (Å²) in [6, 6.07) is 9.12. The number of para-hydroxylation sites is 2. The highest BCUT2D eigenvalue weighted by atomic mass is 32.1. The molecule has 1 aromatic heterocycles. The second-order valence-corrected chi connectivity index (χ2v) is 8.40. The lowest BCUT2D eigenvalue weighted by atomic mass is 10.2. The van der Waals surface area contributed by atoms with Crippen LogP contribution in [0.1, 0.15) is 33.5 Å². The van der Waals surface area contributed by atoms with Crippen molar-refractivity contribution in [2.24, 2.45) is 0 Å². The van der Waals surface area contributed by atoms with E-state index in [9.17, 15) is 14.7 Å². The number of benzene rings is 1. The van der Waals surface area contributed by atoms with Crippen LogP contribution >= 0.6 is 11.3 Å². The Morgan fingerprint density at radius 1 is 1.14 bits per heavy atom. The molecule has 7 heteroatoms. The maximum atomic E-state index is 12.7. The van der Waals surface area contributed by atoms with Crippen molar-refractivity contribution in [2.45, 2.75) is 32.3 Å². The van der Waals surface area contributed by atoms with Gasteiger partial charge in [-0.3, -0.25) is 4.79 Å². The number of aryl methyl sites for hydroxylation is 2. The van der Waals surface area contributed by atoms with E-state index < -0.39 is 12.1 Å². The molecule has 6 nitrogen and oxygen atoms in total. The third-order valence-corrected chi connectivity index (χ3v) is 6.61. The van der Waals surface area contributed by atoms with Crippen LogP contribution in [0.4, 0.5) is 5.69 Å². The van der Waals surface area contributed by atoms with Crippen LogP contribution in [-0.4, -0.2) is 54.2 Å². The summed E-state index contributed by atoms with van der Waals surface area (Å²) in [7, 11) is 0. The lowest BCUT2D eigenvalue weighted by molar-refractivity contribution is -0.140. The first-order chi connectivity index (χ1) is 13.5. The van der Waals surface area contributed by atoms with E-state index in [2.05, 4.69) is 4.90 Å². The van der Waals surface area contributed by atoms with Gasteiger partial charge in [-0.15, -0.1) is 11.3 Å². The van der Waals surface area contributed by atoms with E-state index in [-0.39, 0.29) is 11.7 Å². The number of ether oxygens (including phenoxy) is 1. The molecule has 0 bridgehead atoms. The standard InChI is InChI=1S/C21H24N2O4S/c1-14(27-21(26)19-13-15-5-4-8-18(15)28-19)20(25)23-11-9-22(10-12-23)16-6-2-3-7-17(16)24/h2-3,6-7,13-14,24H,4-5,8-12H2,1H3/t14-/m0/s1. The van der Waals surface area contributed by atoms with E-state index in [1.54, 1.807) is 24.0 Å². The zero-order valence-electron chi connectivity index (χ0n) is 15.9. The number of amides is 1. The Balaban J connectivity index is 1.32. The second kappa shape index (κ2) is 7.83. The number of nitrogens with zero attached hydrogens (tertiary/aromatic N) is 2. The molecule has 0 saturated carbocycles. The average Bonchev–Trinajstić information content (AvgIpc) is 3.30. The Morgan fingerprint density at radius 3 is 2.61 bits per heavy atom. The topological polar surface area (TPSA) is 70.1 Å². The molecule has 4 rings (SSSR count). The molecular weight excluding hydrogens is 376 g/mol. The van der Waals surface area contributed by atoms with Crippen molar-refractivity contribution in [1.29, 1.82) is 0 Å². The van der Waals surface area contributed by atoms with Gasteiger partial charge >= 0.3 is 5.97 Å². The van der Waals surface area contributed by atoms with Crippen molar-refractivity contribution in [3.8, 4) is 5.75 Å². The number of thiophene rings is 1. The van der Waals surface area contributed by atoms with Crippen LogP contribution in [0.2, 0.25) is 0 Å². The van der Waals surface area contributed by atoms with Gasteiger partial charge in [-0.2, -0.15) is 0 Å². The maximum absolute atomic E-state index is 12.7.